The summed E-state index contributed by atoms with van der Waals surface area (Å²) in [6, 6.07) is 3.32. The topological polar surface area (TPSA) is 63.3 Å². The number of nitrogens with two attached hydrogens (primary N) is 1. The molecule has 1 aromatic carbocycles. The maximum absolute atomic E-state index is 10.9. The van der Waals surface area contributed by atoms with Crippen LogP contribution in [0.1, 0.15) is 10.4 Å². The van der Waals surface area contributed by atoms with Gasteiger partial charge in [0.1, 0.15) is 0 Å². The Labute approximate surface area is 97.7 Å². The highest BCUT2D eigenvalue weighted by Gasteiger charge is 2.13. The molecule has 0 bridgehead atoms. The van der Waals surface area contributed by atoms with Crippen LogP contribution in [0.4, 0.5) is 5.69 Å². The molecule has 2 rings (SSSR count). The quantitative estimate of drug-likeness (QED) is 0.627. The van der Waals surface area contributed by atoms with E-state index in [2.05, 4.69) is 22.6 Å². The lowest BCUT2D eigenvalue weighted by Crippen LogP contribution is -2.00. The number of hydrogen-bond acceptors (Lipinski definition) is 3. The number of rotatable bonds is 1. The number of fused-ring (bicyclic) bond motifs is 1. The smallest absolute Gasteiger partial charge is 0.336 e. The summed E-state index contributed by atoms with van der Waals surface area (Å²) in [5, 5.41) is 11.6. The molecule has 2 aromatic rings. The largest absolute Gasteiger partial charge is 0.478 e. The van der Waals surface area contributed by atoms with E-state index < -0.39 is 5.97 Å². The molecule has 0 aliphatic carbocycles. The zero-order chi connectivity index (χ0) is 10.3. The molecule has 0 amide bonds. The van der Waals surface area contributed by atoms with E-state index in [1.54, 1.807) is 0 Å². The molecule has 3 nitrogen and oxygen atoms in total. The van der Waals surface area contributed by atoms with E-state index in [0.717, 1.165) is 13.7 Å². The van der Waals surface area contributed by atoms with Crippen molar-refractivity contribution in [3.05, 3.63) is 26.6 Å². The van der Waals surface area contributed by atoms with Gasteiger partial charge in [-0.2, -0.15) is 0 Å². The first-order valence-electron chi connectivity index (χ1n) is 3.79. The Balaban J connectivity index is 2.91. The van der Waals surface area contributed by atoms with Gasteiger partial charge in [-0.1, -0.05) is 0 Å². The van der Waals surface area contributed by atoms with Crippen LogP contribution in [0.3, 0.4) is 0 Å². The van der Waals surface area contributed by atoms with E-state index in [1.807, 2.05) is 11.4 Å². The van der Waals surface area contributed by atoms with Gasteiger partial charge in [0.15, 0.2) is 0 Å². The van der Waals surface area contributed by atoms with Crippen LogP contribution in [0.25, 0.3) is 10.1 Å². The number of carbonyl (C=O) groups is 1. The van der Waals surface area contributed by atoms with Gasteiger partial charge in [-0.15, -0.1) is 11.3 Å². The van der Waals surface area contributed by atoms with E-state index in [1.165, 1.54) is 17.4 Å². The first kappa shape index (κ1) is 9.72. The Morgan fingerprint density at radius 2 is 2.29 bits per heavy atom. The average molecular weight is 319 g/mol. The molecule has 1 aromatic heterocycles. The van der Waals surface area contributed by atoms with E-state index >= 15 is 0 Å². The highest BCUT2D eigenvalue weighted by molar-refractivity contribution is 14.1. The molecule has 0 atom stereocenters. The summed E-state index contributed by atoms with van der Waals surface area (Å²) >= 11 is 3.64. The molecule has 14 heavy (non-hydrogen) atoms. The van der Waals surface area contributed by atoms with Crippen LogP contribution >= 0.6 is 33.9 Å². The molecular weight excluding hydrogens is 313 g/mol. The van der Waals surface area contributed by atoms with Gasteiger partial charge in [0, 0.05) is 11.1 Å². The van der Waals surface area contributed by atoms with Crippen LogP contribution in [0, 0.1) is 3.57 Å². The van der Waals surface area contributed by atoms with Crippen molar-refractivity contribution in [2.45, 2.75) is 0 Å². The van der Waals surface area contributed by atoms with Crippen molar-refractivity contribution in [3.8, 4) is 0 Å². The van der Waals surface area contributed by atoms with Gasteiger partial charge in [-0.05, 0) is 40.1 Å². The highest BCUT2D eigenvalue weighted by atomic mass is 127. The molecule has 0 aliphatic heterocycles. The first-order valence-corrected chi connectivity index (χ1v) is 5.75. The fraction of sp³-hybridized carbons (Fsp3) is 0. The Hall–Kier alpha value is -0.820. The van der Waals surface area contributed by atoms with Crippen LogP contribution < -0.4 is 5.73 Å². The Morgan fingerprint density at radius 1 is 1.57 bits per heavy atom. The summed E-state index contributed by atoms with van der Waals surface area (Å²) in [7, 11) is 0. The summed E-state index contributed by atoms with van der Waals surface area (Å²) < 4.78 is 1.88. The van der Waals surface area contributed by atoms with Crippen molar-refractivity contribution in [1.82, 2.24) is 0 Å². The number of carboxylic acid groups (broad SMARTS) is 1. The number of thiophene rings is 1. The van der Waals surface area contributed by atoms with Crippen LogP contribution in [-0.4, -0.2) is 11.1 Å². The van der Waals surface area contributed by atoms with Gasteiger partial charge in [-0.25, -0.2) is 4.79 Å². The van der Waals surface area contributed by atoms with Gasteiger partial charge >= 0.3 is 5.97 Å². The summed E-state index contributed by atoms with van der Waals surface area (Å²) in [4.78, 5) is 10.9. The molecule has 0 saturated carbocycles. The molecule has 0 radical (unpaired) electrons. The lowest BCUT2D eigenvalue weighted by Gasteiger charge is -2.03. The third-order valence-corrected chi connectivity index (χ3v) is 4.40. The fourth-order valence-corrected chi connectivity index (χ4v) is 2.99. The lowest BCUT2D eigenvalue weighted by atomic mass is 10.1. The van der Waals surface area contributed by atoms with E-state index in [-0.39, 0.29) is 5.56 Å². The predicted octanol–water partition coefficient (Wildman–Crippen LogP) is 2.79. The van der Waals surface area contributed by atoms with Gasteiger partial charge in [0.25, 0.3) is 0 Å². The zero-order valence-electron chi connectivity index (χ0n) is 6.95. The van der Waals surface area contributed by atoms with Gasteiger partial charge < -0.3 is 10.8 Å². The number of anilines is 1. The van der Waals surface area contributed by atoms with Crippen LogP contribution in [-0.2, 0) is 0 Å². The molecule has 1 heterocycles. The number of benzene rings is 1. The fourth-order valence-electron chi connectivity index (χ4n) is 1.30. The zero-order valence-corrected chi connectivity index (χ0v) is 9.93. The first-order chi connectivity index (χ1) is 6.61. The summed E-state index contributed by atoms with van der Waals surface area (Å²) in [6.07, 6.45) is 0. The third-order valence-electron chi connectivity index (χ3n) is 1.94. The van der Waals surface area contributed by atoms with Crippen molar-refractivity contribution < 1.29 is 9.90 Å². The maximum atomic E-state index is 10.9. The van der Waals surface area contributed by atoms with Gasteiger partial charge in [0.2, 0.25) is 0 Å². The predicted molar refractivity (Wildman–Crippen MR) is 65.9 cm³/mol. The molecule has 3 N–H and O–H groups in total. The average Bonchev–Trinajstić information content (AvgIpc) is 2.59. The Bertz CT molecular complexity index is 521. The number of nitrogen functional groups attached to an aromatic ring is 1. The summed E-state index contributed by atoms with van der Waals surface area (Å²) in [5.74, 6) is -0.934. The SMILES string of the molecule is Nc1cc(C(=O)O)c2ccsc2c1I. The maximum Gasteiger partial charge on any atom is 0.336 e. The van der Waals surface area contributed by atoms with Crippen molar-refractivity contribution >= 4 is 55.7 Å². The van der Waals surface area contributed by atoms with Crippen molar-refractivity contribution in [2.24, 2.45) is 0 Å². The minimum Gasteiger partial charge on any atom is -0.478 e. The molecular formula is C9H6INO2S. The van der Waals surface area contributed by atoms with Crippen LogP contribution in [0.2, 0.25) is 0 Å². The molecule has 0 spiro atoms. The Morgan fingerprint density at radius 3 is 2.93 bits per heavy atom. The van der Waals surface area contributed by atoms with Crippen molar-refractivity contribution in [1.29, 1.82) is 0 Å². The number of hydrogen-bond donors (Lipinski definition) is 2. The van der Waals surface area contributed by atoms with E-state index in [0.29, 0.717) is 5.69 Å². The molecule has 0 aliphatic rings. The second-order valence-corrected chi connectivity index (χ2v) is 4.79. The summed E-state index contributed by atoms with van der Waals surface area (Å²) in [5.41, 5.74) is 6.52. The number of halogens is 1. The van der Waals surface area contributed by atoms with Gasteiger partial charge in [-0.3, -0.25) is 0 Å². The second kappa shape index (κ2) is 3.39. The van der Waals surface area contributed by atoms with Crippen LogP contribution in [0.5, 0.6) is 0 Å². The molecule has 5 heteroatoms. The molecule has 72 valence electrons. The molecule has 0 unspecified atom stereocenters. The van der Waals surface area contributed by atoms with E-state index in [4.69, 9.17) is 10.8 Å². The third kappa shape index (κ3) is 1.36. The number of carboxylic acids is 1. The Kier molecular flexibility index (Phi) is 2.36. The van der Waals surface area contributed by atoms with Crippen LogP contribution in [0.15, 0.2) is 17.5 Å². The minimum atomic E-state index is -0.934. The van der Waals surface area contributed by atoms with Gasteiger partial charge in [0.05, 0.1) is 13.8 Å². The van der Waals surface area contributed by atoms with Crippen molar-refractivity contribution in [2.75, 3.05) is 5.73 Å². The number of aromatic carboxylic acids is 1. The normalized spacial score (nSPS) is 10.6. The molecule has 0 fully saturated rings. The summed E-state index contributed by atoms with van der Waals surface area (Å²) in [6.45, 7) is 0. The van der Waals surface area contributed by atoms with Crippen molar-refractivity contribution in [3.63, 3.8) is 0 Å². The minimum absolute atomic E-state index is 0.277. The monoisotopic (exact) mass is 319 g/mol. The molecule has 0 saturated heterocycles. The van der Waals surface area contributed by atoms with E-state index in [9.17, 15) is 4.79 Å². The highest BCUT2D eigenvalue weighted by Crippen LogP contribution is 2.33. The second-order valence-electron chi connectivity index (χ2n) is 2.80. The standard InChI is InChI=1S/C9H6INO2S/c10-7-6(11)3-5(9(12)13)4-1-2-14-8(4)7/h1-3H,11H2,(H,12,13). The lowest BCUT2D eigenvalue weighted by molar-refractivity contribution is 0.0699.